The van der Waals surface area contributed by atoms with Gasteiger partial charge < -0.3 is 10.4 Å². The largest absolute Gasteiger partial charge is 0.396 e. The number of carbonyl (C=O) groups excluding carboxylic acids is 1. The first-order valence-corrected chi connectivity index (χ1v) is 7.80. The van der Waals surface area contributed by atoms with Gasteiger partial charge in [-0.3, -0.25) is 4.79 Å². The summed E-state index contributed by atoms with van der Waals surface area (Å²) >= 11 is 0. The molecular formula is C19H22FNO2. The smallest absolute Gasteiger partial charge is 0.166 e. The maximum absolute atomic E-state index is 12.9. The first-order valence-electron chi connectivity index (χ1n) is 7.80. The molecule has 0 saturated heterocycles. The molecule has 2 aromatic rings. The summed E-state index contributed by atoms with van der Waals surface area (Å²) in [5, 5.41) is 12.6. The van der Waals surface area contributed by atoms with Crippen LogP contribution in [0.25, 0.3) is 0 Å². The van der Waals surface area contributed by atoms with Gasteiger partial charge in [0.1, 0.15) is 5.82 Å². The van der Waals surface area contributed by atoms with Crippen LogP contribution in [-0.2, 0) is 0 Å². The zero-order valence-electron chi connectivity index (χ0n) is 13.2. The van der Waals surface area contributed by atoms with Crippen molar-refractivity contribution in [2.45, 2.75) is 19.4 Å². The Morgan fingerprint density at radius 3 is 2.39 bits per heavy atom. The van der Waals surface area contributed by atoms with Gasteiger partial charge in [0.2, 0.25) is 0 Å². The summed E-state index contributed by atoms with van der Waals surface area (Å²) in [4.78, 5) is 12.4. The first kappa shape index (κ1) is 17.3. The number of benzene rings is 2. The van der Waals surface area contributed by atoms with Gasteiger partial charge in [-0.15, -0.1) is 0 Å². The van der Waals surface area contributed by atoms with E-state index in [1.54, 1.807) is 0 Å². The van der Waals surface area contributed by atoms with Gasteiger partial charge in [-0.25, -0.2) is 4.39 Å². The summed E-state index contributed by atoms with van der Waals surface area (Å²) in [6, 6.07) is 15.5. The molecule has 0 bridgehead atoms. The highest BCUT2D eigenvalue weighted by Gasteiger charge is 2.17. The van der Waals surface area contributed by atoms with E-state index in [0.29, 0.717) is 18.5 Å². The Balaban J connectivity index is 1.97. The van der Waals surface area contributed by atoms with Gasteiger partial charge in [-0.1, -0.05) is 37.3 Å². The zero-order valence-corrected chi connectivity index (χ0v) is 13.2. The maximum atomic E-state index is 12.9. The van der Waals surface area contributed by atoms with Crippen LogP contribution < -0.4 is 5.32 Å². The highest BCUT2D eigenvalue weighted by molar-refractivity contribution is 5.97. The topological polar surface area (TPSA) is 49.3 Å². The molecule has 0 aliphatic carbocycles. The molecule has 0 fully saturated rings. The number of Topliss-reactive ketones (excluding diaryl/α,β-unsaturated/α-hetero) is 1. The fourth-order valence-corrected chi connectivity index (χ4v) is 2.51. The van der Waals surface area contributed by atoms with Crippen molar-refractivity contribution in [1.82, 2.24) is 5.32 Å². The molecule has 2 unspecified atom stereocenters. The van der Waals surface area contributed by atoms with Gasteiger partial charge in [0, 0.05) is 30.7 Å². The van der Waals surface area contributed by atoms with E-state index in [1.807, 2.05) is 37.3 Å². The van der Waals surface area contributed by atoms with Crippen LogP contribution >= 0.6 is 0 Å². The van der Waals surface area contributed by atoms with Gasteiger partial charge in [0.05, 0.1) is 0 Å². The molecule has 0 amide bonds. The molecule has 3 nitrogen and oxygen atoms in total. The highest BCUT2D eigenvalue weighted by Crippen LogP contribution is 2.17. The minimum atomic E-state index is -0.348. The van der Waals surface area contributed by atoms with Crippen LogP contribution in [0.15, 0.2) is 54.6 Å². The average Bonchev–Trinajstić information content (AvgIpc) is 2.59. The fraction of sp³-hybridized carbons (Fsp3) is 0.316. The second-order valence-electron chi connectivity index (χ2n) is 5.66. The standard InChI is InChI=1S/C19H22FNO2/c1-14(19(23)16-7-9-17(20)10-8-16)13-21-18(11-12-22)15-5-3-2-4-6-15/h2-10,14,18,21-22H,11-13H2,1H3. The molecular weight excluding hydrogens is 293 g/mol. The maximum Gasteiger partial charge on any atom is 0.166 e. The second kappa shape index (κ2) is 8.56. The molecule has 23 heavy (non-hydrogen) atoms. The van der Waals surface area contributed by atoms with E-state index < -0.39 is 0 Å². The van der Waals surface area contributed by atoms with Crippen molar-refractivity contribution in [3.8, 4) is 0 Å². The molecule has 0 heterocycles. The molecule has 0 aliphatic rings. The molecule has 0 spiro atoms. The Bertz CT molecular complexity index is 613. The lowest BCUT2D eigenvalue weighted by Gasteiger charge is -2.20. The van der Waals surface area contributed by atoms with Crippen LogP contribution in [0.4, 0.5) is 4.39 Å². The third kappa shape index (κ3) is 4.98. The Morgan fingerprint density at radius 2 is 1.78 bits per heavy atom. The summed E-state index contributed by atoms with van der Waals surface area (Å²) in [5.41, 5.74) is 1.60. The molecule has 0 aromatic heterocycles. The summed E-state index contributed by atoms with van der Waals surface area (Å²) in [6.07, 6.45) is 0.585. The first-order chi connectivity index (χ1) is 11.1. The van der Waals surface area contributed by atoms with E-state index in [0.717, 1.165) is 5.56 Å². The summed E-state index contributed by atoms with van der Waals surface area (Å²) in [6.45, 7) is 2.42. The van der Waals surface area contributed by atoms with E-state index in [1.165, 1.54) is 24.3 Å². The molecule has 2 aromatic carbocycles. The van der Waals surface area contributed by atoms with Gasteiger partial charge in [-0.2, -0.15) is 0 Å². The van der Waals surface area contributed by atoms with Crippen LogP contribution in [0.5, 0.6) is 0 Å². The Labute approximate surface area is 136 Å². The molecule has 2 atom stereocenters. The van der Waals surface area contributed by atoms with Gasteiger partial charge >= 0.3 is 0 Å². The number of halogens is 1. The van der Waals surface area contributed by atoms with Crippen molar-refractivity contribution in [1.29, 1.82) is 0 Å². The minimum Gasteiger partial charge on any atom is -0.396 e. The van der Waals surface area contributed by atoms with E-state index in [-0.39, 0.29) is 30.2 Å². The van der Waals surface area contributed by atoms with Gasteiger partial charge in [-0.05, 0) is 36.2 Å². The van der Waals surface area contributed by atoms with Gasteiger partial charge in [0.25, 0.3) is 0 Å². The number of nitrogens with one attached hydrogen (secondary N) is 1. The Morgan fingerprint density at radius 1 is 1.13 bits per heavy atom. The molecule has 0 radical (unpaired) electrons. The van der Waals surface area contributed by atoms with Crippen LogP contribution in [0.3, 0.4) is 0 Å². The highest BCUT2D eigenvalue weighted by atomic mass is 19.1. The lowest BCUT2D eigenvalue weighted by Crippen LogP contribution is -2.30. The zero-order chi connectivity index (χ0) is 16.7. The predicted molar refractivity (Wildman–Crippen MR) is 88.8 cm³/mol. The van der Waals surface area contributed by atoms with Gasteiger partial charge in [0.15, 0.2) is 5.78 Å². The number of hydrogen-bond donors (Lipinski definition) is 2. The normalized spacial score (nSPS) is 13.5. The Kier molecular flexibility index (Phi) is 6.44. The number of ketones is 1. The number of rotatable bonds is 8. The van der Waals surface area contributed by atoms with Crippen LogP contribution in [0, 0.1) is 11.7 Å². The number of carbonyl (C=O) groups is 1. The SMILES string of the molecule is CC(CNC(CCO)c1ccccc1)C(=O)c1ccc(F)cc1. The molecule has 0 aliphatic heterocycles. The number of aliphatic hydroxyl groups is 1. The minimum absolute atomic E-state index is 0.00432. The van der Waals surface area contributed by atoms with Crippen LogP contribution in [0.1, 0.15) is 35.3 Å². The van der Waals surface area contributed by atoms with Crippen molar-refractivity contribution in [2.24, 2.45) is 5.92 Å². The third-order valence-corrected chi connectivity index (χ3v) is 3.87. The van der Waals surface area contributed by atoms with E-state index in [9.17, 15) is 14.3 Å². The fourth-order valence-electron chi connectivity index (χ4n) is 2.51. The lowest BCUT2D eigenvalue weighted by molar-refractivity contribution is 0.0926. The van der Waals surface area contributed by atoms with E-state index >= 15 is 0 Å². The van der Waals surface area contributed by atoms with E-state index in [2.05, 4.69) is 5.32 Å². The van der Waals surface area contributed by atoms with Crippen molar-refractivity contribution in [3.05, 3.63) is 71.5 Å². The monoisotopic (exact) mass is 315 g/mol. The van der Waals surface area contributed by atoms with Crippen molar-refractivity contribution < 1.29 is 14.3 Å². The van der Waals surface area contributed by atoms with E-state index in [4.69, 9.17) is 0 Å². The summed E-state index contributed by atoms with van der Waals surface area (Å²) < 4.78 is 12.9. The quantitative estimate of drug-likeness (QED) is 0.734. The molecule has 122 valence electrons. The predicted octanol–water partition coefficient (Wildman–Crippen LogP) is 3.36. The van der Waals surface area contributed by atoms with Crippen molar-refractivity contribution in [2.75, 3.05) is 13.2 Å². The molecule has 4 heteroatoms. The molecule has 2 rings (SSSR count). The van der Waals surface area contributed by atoms with Crippen LogP contribution in [0.2, 0.25) is 0 Å². The van der Waals surface area contributed by atoms with Crippen molar-refractivity contribution >= 4 is 5.78 Å². The number of hydrogen-bond acceptors (Lipinski definition) is 3. The number of aliphatic hydroxyl groups excluding tert-OH is 1. The van der Waals surface area contributed by atoms with Crippen LogP contribution in [-0.4, -0.2) is 24.0 Å². The molecule has 2 N–H and O–H groups in total. The summed E-state index contributed by atoms with van der Waals surface area (Å²) in [5.74, 6) is -0.599. The molecule has 0 saturated carbocycles. The summed E-state index contributed by atoms with van der Waals surface area (Å²) in [7, 11) is 0. The average molecular weight is 315 g/mol. The second-order valence-corrected chi connectivity index (χ2v) is 5.66. The lowest BCUT2D eigenvalue weighted by atomic mass is 9.98. The van der Waals surface area contributed by atoms with Crippen molar-refractivity contribution in [3.63, 3.8) is 0 Å². The Hall–Kier alpha value is -2.04. The third-order valence-electron chi connectivity index (χ3n) is 3.87.